The Morgan fingerprint density at radius 3 is 1.92 bits per heavy atom. The van der Waals surface area contributed by atoms with E-state index in [1.54, 1.807) is 0 Å². The largest absolute Gasteiger partial charge is 0.469 e. The molecule has 0 radical (unpaired) electrons. The number of methoxy groups -OCH3 is 1. The minimum absolute atomic E-state index is 0.00816. The van der Waals surface area contributed by atoms with Gasteiger partial charge in [-0.1, -0.05) is 0 Å². The fourth-order valence-electron chi connectivity index (χ4n) is 3.24. The highest BCUT2D eigenvalue weighted by molar-refractivity contribution is 5.73. The zero-order valence-electron chi connectivity index (χ0n) is 21.1. The van der Waals surface area contributed by atoms with Crippen LogP contribution in [-0.4, -0.2) is 107 Å². The first-order chi connectivity index (χ1) is 17.0. The Hall–Kier alpha value is -2.81. The number of hydrogen-bond acceptors (Lipinski definition) is 13. The fraction of sp³-hybridized carbons (Fsp3) is 0.773. The van der Waals surface area contributed by atoms with Crippen molar-refractivity contribution in [3.8, 4) is 0 Å². The quantitative estimate of drug-likeness (QED) is 0.162. The monoisotopic (exact) mass is 521 g/mol. The molecule has 1 rings (SSSR count). The average Bonchev–Trinajstić information content (AvgIpc) is 2.79. The molecule has 1 aliphatic heterocycles. The number of nitrogens with one attached hydrogen (secondary N) is 1. The number of ether oxygens (including phenoxy) is 8. The van der Waals surface area contributed by atoms with E-state index in [0.29, 0.717) is 0 Å². The highest BCUT2D eigenvalue weighted by Gasteiger charge is 2.51. The van der Waals surface area contributed by atoms with E-state index >= 15 is 0 Å². The van der Waals surface area contributed by atoms with Gasteiger partial charge in [-0.25, -0.2) is 0 Å². The van der Waals surface area contributed by atoms with Gasteiger partial charge in [0.25, 0.3) is 0 Å². The minimum Gasteiger partial charge on any atom is -0.469 e. The third-order valence-corrected chi connectivity index (χ3v) is 4.63. The van der Waals surface area contributed by atoms with Gasteiger partial charge in [-0.05, 0) is 0 Å². The Labute approximate surface area is 209 Å². The maximum Gasteiger partial charge on any atom is 0.307 e. The topological polar surface area (TPSA) is 171 Å². The van der Waals surface area contributed by atoms with E-state index in [2.05, 4.69) is 10.1 Å². The maximum absolute atomic E-state index is 11.9. The molecule has 1 N–H and O–H groups in total. The molecule has 0 saturated carbocycles. The second-order valence-corrected chi connectivity index (χ2v) is 7.64. The van der Waals surface area contributed by atoms with Crippen molar-refractivity contribution in [1.29, 1.82) is 0 Å². The molecule has 36 heavy (non-hydrogen) atoms. The first kappa shape index (κ1) is 31.2. The standard InChI is InChI=1S/C22H35NO13/c1-13(24)23-19-21(35-16(4)27)20(34-15(3)26)17(12-33-14(2)25)36-22(19)32-11-10-31-9-8-30-7-6-18(28)29-5/h17,19-22H,6-12H2,1-5H3,(H,23,24)/t17?,19?,20-,21?,22+/m0/s1. The van der Waals surface area contributed by atoms with Crippen molar-refractivity contribution in [2.75, 3.05) is 46.8 Å². The van der Waals surface area contributed by atoms with Crippen LogP contribution in [0.5, 0.6) is 0 Å². The molecule has 0 aliphatic carbocycles. The van der Waals surface area contributed by atoms with E-state index in [0.717, 1.165) is 13.8 Å². The lowest BCUT2D eigenvalue weighted by molar-refractivity contribution is -0.279. The van der Waals surface area contributed by atoms with Gasteiger partial charge < -0.3 is 43.2 Å². The summed E-state index contributed by atoms with van der Waals surface area (Å²) in [4.78, 5) is 57.8. The molecule has 1 amide bonds. The third kappa shape index (κ3) is 12.2. The normalized spacial score (nSPS) is 23.3. The van der Waals surface area contributed by atoms with Crippen molar-refractivity contribution in [3.63, 3.8) is 0 Å². The van der Waals surface area contributed by atoms with Crippen LogP contribution >= 0.6 is 0 Å². The van der Waals surface area contributed by atoms with Gasteiger partial charge in [0.2, 0.25) is 5.91 Å². The lowest BCUT2D eigenvalue weighted by atomic mass is 9.96. The molecule has 206 valence electrons. The molecular formula is C22H35NO13. The van der Waals surface area contributed by atoms with E-state index in [9.17, 15) is 24.0 Å². The molecule has 14 heteroatoms. The minimum atomic E-state index is -1.20. The predicted molar refractivity (Wildman–Crippen MR) is 118 cm³/mol. The molecule has 5 atom stereocenters. The van der Waals surface area contributed by atoms with E-state index in [-0.39, 0.29) is 52.0 Å². The molecule has 0 aromatic carbocycles. The first-order valence-electron chi connectivity index (χ1n) is 11.3. The summed E-state index contributed by atoms with van der Waals surface area (Å²) in [7, 11) is 1.29. The van der Waals surface area contributed by atoms with E-state index < -0.39 is 54.5 Å². The molecule has 0 aromatic heterocycles. The summed E-state index contributed by atoms with van der Waals surface area (Å²) in [5.74, 6) is -2.85. The summed E-state index contributed by atoms with van der Waals surface area (Å²) in [5.41, 5.74) is 0. The van der Waals surface area contributed by atoms with Crippen molar-refractivity contribution < 1.29 is 61.9 Å². The van der Waals surface area contributed by atoms with Crippen LogP contribution in [-0.2, 0) is 61.9 Å². The molecule has 1 saturated heterocycles. The van der Waals surface area contributed by atoms with Gasteiger partial charge in [0.15, 0.2) is 18.5 Å². The average molecular weight is 522 g/mol. The van der Waals surface area contributed by atoms with Gasteiger partial charge in [-0.2, -0.15) is 0 Å². The van der Waals surface area contributed by atoms with Crippen molar-refractivity contribution in [3.05, 3.63) is 0 Å². The molecule has 14 nitrogen and oxygen atoms in total. The summed E-state index contributed by atoms with van der Waals surface area (Å²) < 4.78 is 42.5. The Balaban J connectivity index is 2.80. The molecule has 0 aromatic rings. The Morgan fingerprint density at radius 2 is 1.36 bits per heavy atom. The number of amides is 1. The van der Waals surface area contributed by atoms with Gasteiger partial charge >= 0.3 is 23.9 Å². The third-order valence-electron chi connectivity index (χ3n) is 4.63. The summed E-state index contributed by atoms with van der Waals surface area (Å²) in [5, 5.41) is 2.60. The molecule has 1 aliphatic rings. The summed E-state index contributed by atoms with van der Waals surface area (Å²) in [6, 6.07) is -1.05. The van der Waals surface area contributed by atoms with Gasteiger partial charge in [-0.15, -0.1) is 0 Å². The van der Waals surface area contributed by atoms with Crippen LogP contribution in [0.15, 0.2) is 0 Å². The number of carbonyl (C=O) groups is 5. The highest BCUT2D eigenvalue weighted by atomic mass is 16.7. The fourth-order valence-corrected chi connectivity index (χ4v) is 3.24. The molecule has 1 heterocycles. The lowest BCUT2D eigenvalue weighted by Gasteiger charge is -2.44. The Kier molecular flexibility index (Phi) is 14.6. The number of esters is 4. The van der Waals surface area contributed by atoms with Gasteiger partial charge in [0, 0.05) is 27.7 Å². The smallest absolute Gasteiger partial charge is 0.307 e. The summed E-state index contributed by atoms with van der Waals surface area (Å²) in [6.07, 6.45) is -4.47. The van der Waals surface area contributed by atoms with Crippen LogP contribution < -0.4 is 5.32 Å². The molecule has 3 unspecified atom stereocenters. The number of hydrogen-bond donors (Lipinski definition) is 1. The number of carbonyl (C=O) groups excluding carboxylic acids is 5. The molecular weight excluding hydrogens is 486 g/mol. The summed E-state index contributed by atoms with van der Waals surface area (Å²) in [6.45, 7) is 5.22. The summed E-state index contributed by atoms with van der Waals surface area (Å²) >= 11 is 0. The van der Waals surface area contributed by atoms with E-state index in [1.807, 2.05) is 0 Å². The Bertz CT molecular complexity index is 743. The van der Waals surface area contributed by atoms with Crippen LogP contribution in [0.2, 0.25) is 0 Å². The molecule has 0 bridgehead atoms. The first-order valence-corrected chi connectivity index (χ1v) is 11.3. The van der Waals surface area contributed by atoms with Gasteiger partial charge in [0.1, 0.15) is 18.8 Å². The second kappa shape index (κ2) is 16.8. The second-order valence-electron chi connectivity index (χ2n) is 7.64. The SMILES string of the molecule is COC(=O)CCOCCOCCO[C@@H]1OC(COC(C)=O)[C@H](OC(C)=O)C(OC(C)=O)C1NC(C)=O. The molecule has 1 fully saturated rings. The number of rotatable bonds is 15. The van der Waals surface area contributed by atoms with E-state index in [1.165, 1.54) is 21.0 Å². The van der Waals surface area contributed by atoms with Crippen LogP contribution in [0.1, 0.15) is 34.1 Å². The van der Waals surface area contributed by atoms with Crippen LogP contribution in [0, 0.1) is 0 Å². The van der Waals surface area contributed by atoms with E-state index in [4.69, 9.17) is 33.2 Å². The predicted octanol–water partition coefficient (Wildman–Crippen LogP) is -0.745. The zero-order valence-corrected chi connectivity index (χ0v) is 21.1. The van der Waals surface area contributed by atoms with Crippen molar-refractivity contribution in [2.24, 2.45) is 0 Å². The maximum atomic E-state index is 11.9. The van der Waals surface area contributed by atoms with Crippen LogP contribution in [0.4, 0.5) is 0 Å². The van der Waals surface area contributed by atoms with Gasteiger partial charge in [-0.3, -0.25) is 24.0 Å². The van der Waals surface area contributed by atoms with Gasteiger partial charge in [0.05, 0.1) is 46.6 Å². The zero-order chi connectivity index (χ0) is 27.1. The highest BCUT2D eigenvalue weighted by Crippen LogP contribution is 2.28. The molecule has 0 spiro atoms. The Morgan fingerprint density at radius 1 is 0.778 bits per heavy atom. The van der Waals surface area contributed by atoms with Crippen molar-refractivity contribution in [2.45, 2.75) is 64.8 Å². The lowest BCUT2D eigenvalue weighted by Crippen LogP contribution is -2.66. The van der Waals surface area contributed by atoms with Crippen LogP contribution in [0.3, 0.4) is 0 Å². The van der Waals surface area contributed by atoms with Crippen LogP contribution in [0.25, 0.3) is 0 Å². The van der Waals surface area contributed by atoms with Crippen molar-refractivity contribution >= 4 is 29.8 Å². The van der Waals surface area contributed by atoms with Crippen molar-refractivity contribution in [1.82, 2.24) is 5.32 Å².